The quantitative estimate of drug-likeness (QED) is 0.745. The second kappa shape index (κ2) is 6.39. The van der Waals surface area contributed by atoms with E-state index in [9.17, 15) is 0 Å². The van der Waals surface area contributed by atoms with Gasteiger partial charge in [-0.05, 0) is 24.1 Å². The van der Waals surface area contributed by atoms with Gasteiger partial charge in [0.2, 0.25) is 0 Å². The second-order valence-corrected chi connectivity index (χ2v) is 5.47. The van der Waals surface area contributed by atoms with Gasteiger partial charge in [-0.2, -0.15) is 5.10 Å². The monoisotopic (exact) mass is 326 g/mol. The highest BCUT2D eigenvalue weighted by molar-refractivity contribution is 9.10. The Labute approximate surface area is 121 Å². The summed E-state index contributed by atoms with van der Waals surface area (Å²) >= 11 is 9.39. The molecule has 0 aliphatic heterocycles. The van der Waals surface area contributed by atoms with Crippen molar-refractivity contribution in [2.45, 2.75) is 32.2 Å². The Bertz CT molecular complexity index is 505. The van der Waals surface area contributed by atoms with Gasteiger partial charge in [-0.1, -0.05) is 41.4 Å². The molecule has 1 aromatic heterocycles. The molecule has 0 atom stereocenters. The summed E-state index contributed by atoms with van der Waals surface area (Å²) in [5.74, 6) is 0.537. The van der Waals surface area contributed by atoms with Crippen molar-refractivity contribution in [1.29, 1.82) is 0 Å². The van der Waals surface area contributed by atoms with Crippen molar-refractivity contribution < 1.29 is 0 Å². The van der Waals surface area contributed by atoms with E-state index in [-0.39, 0.29) is 0 Å². The average Bonchev–Trinajstić information content (AvgIpc) is 2.75. The molecule has 1 aromatic carbocycles. The summed E-state index contributed by atoms with van der Waals surface area (Å²) in [6.07, 6.45) is 4.02. The molecule has 0 bridgehead atoms. The van der Waals surface area contributed by atoms with E-state index in [0.29, 0.717) is 5.88 Å². The minimum atomic E-state index is 0.537. The van der Waals surface area contributed by atoms with E-state index >= 15 is 0 Å². The summed E-state index contributed by atoms with van der Waals surface area (Å²) in [5, 5.41) is 4.44. The van der Waals surface area contributed by atoms with Gasteiger partial charge in [0.15, 0.2) is 0 Å². The highest BCUT2D eigenvalue weighted by atomic mass is 79.9. The third-order valence-corrected chi connectivity index (χ3v) is 3.73. The van der Waals surface area contributed by atoms with Crippen LogP contribution in [-0.2, 0) is 18.8 Å². The van der Waals surface area contributed by atoms with Crippen molar-refractivity contribution in [2.24, 2.45) is 0 Å². The lowest BCUT2D eigenvalue weighted by Gasteiger charge is -2.08. The van der Waals surface area contributed by atoms with Crippen LogP contribution in [0.2, 0.25) is 0 Å². The molecule has 0 saturated carbocycles. The molecule has 0 saturated heterocycles. The summed E-state index contributed by atoms with van der Waals surface area (Å²) in [6, 6.07) is 8.34. The van der Waals surface area contributed by atoms with Crippen molar-refractivity contribution in [1.82, 2.24) is 9.78 Å². The first-order chi connectivity index (χ1) is 8.74. The summed E-state index contributed by atoms with van der Waals surface area (Å²) in [6.45, 7) is 2.98. The van der Waals surface area contributed by atoms with Crippen LogP contribution in [0.4, 0.5) is 0 Å². The minimum absolute atomic E-state index is 0.537. The summed E-state index contributed by atoms with van der Waals surface area (Å²) < 4.78 is 3.16. The lowest BCUT2D eigenvalue weighted by Crippen LogP contribution is -2.07. The SMILES string of the molecule is CCCc1c(CCl)cnn1Cc1ccc(Br)cc1. The first-order valence-corrected chi connectivity index (χ1v) is 7.41. The molecule has 1 heterocycles. The van der Waals surface area contributed by atoms with Crippen molar-refractivity contribution in [3.05, 3.63) is 51.8 Å². The third kappa shape index (κ3) is 3.15. The van der Waals surface area contributed by atoms with E-state index in [4.69, 9.17) is 11.6 Å². The molecule has 0 unspecified atom stereocenters. The van der Waals surface area contributed by atoms with Crippen LogP contribution in [0.15, 0.2) is 34.9 Å². The van der Waals surface area contributed by atoms with Crippen LogP contribution in [0.25, 0.3) is 0 Å². The Kier molecular flexibility index (Phi) is 4.84. The molecule has 2 rings (SSSR count). The van der Waals surface area contributed by atoms with Gasteiger partial charge in [-0.15, -0.1) is 11.6 Å². The maximum atomic E-state index is 5.95. The highest BCUT2D eigenvalue weighted by Crippen LogP contribution is 2.16. The maximum Gasteiger partial charge on any atom is 0.0662 e. The molecule has 4 heteroatoms. The van der Waals surface area contributed by atoms with Gasteiger partial charge in [0.1, 0.15) is 0 Å². The van der Waals surface area contributed by atoms with E-state index in [1.807, 2.05) is 6.20 Å². The Morgan fingerprint density at radius 3 is 2.61 bits per heavy atom. The fourth-order valence-corrected chi connectivity index (χ4v) is 2.47. The van der Waals surface area contributed by atoms with Crippen molar-refractivity contribution in [3.63, 3.8) is 0 Å². The molecular weight excluding hydrogens is 312 g/mol. The van der Waals surface area contributed by atoms with Crippen molar-refractivity contribution in [3.8, 4) is 0 Å². The fourth-order valence-electron chi connectivity index (χ4n) is 1.99. The smallest absolute Gasteiger partial charge is 0.0662 e. The molecule has 18 heavy (non-hydrogen) atoms. The molecule has 2 nitrogen and oxygen atoms in total. The molecule has 0 aliphatic rings. The van der Waals surface area contributed by atoms with Crippen LogP contribution >= 0.6 is 27.5 Å². The van der Waals surface area contributed by atoms with Crippen LogP contribution in [0, 0.1) is 0 Å². The average molecular weight is 328 g/mol. The molecule has 0 radical (unpaired) electrons. The zero-order chi connectivity index (χ0) is 13.0. The van der Waals surface area contributed by atoms with Gasteiger partial charge < -0.3 is 0 Å². The van der Waals surface area contributed by atoms with Crippen LogP contribution < -0.4 is 0 Å². The Balaban J connectivity index is 2.22. The number of rotatable bonds is 5. The van der Waals surface area contributed by atoms with Gasteiger partial charge in [0.05, 0.1) is 18.6 Å². The van der Waals surface area contributed by atoms with Crippen LogP contribution in [0.3, 0.4) is 0 Å². The Morgan fingerprint density at radius 2 is 2.00 bits per heavy atom. The van der Waals surface area contributed by atoms with E-state index in [0.717, 1.165) is 29.4 Å². The van der Waals surface area contributed by atoms with Gasteiger partial charge in [0, 0.05) is 15.7 Å². The molecule has 0 amide bonds. The minimum Gasteiger partial charge on any atom is -0.265 e. The number of hydrogen-bond donors (Lipinski definition) is 0. The molecule has 96 valence electrons. The standard InChI is InChI=1S/C14H16BrClN2/c1-2-3-14-12(8-16)9-17-18(14)10-11-4-6-13(15)7-5-11/h4-7,9H,2-3,8,10H2,1H3. The number of hydrogen-bond acceptors (Lipinski definition) is 1. The number of alkyl halides is 1. The van der Waals surface area contributed by atoms with Gasteiger partial charge >= 0.3 is 0 Å². The maximum absolute atomic E-state index is 5.95. The number of aromatic nitrogens is 2. The summed E-state index contributed by atoms with van der Waals surface area (Å²) in [5.41, 5.74) is 3.66. The van der Waals surface area contributed by atoms with Crippen molar-refractivity contribution in [2.75, 3.05) is 0 Å². The highest BCUT2D eigenvalue weighted by Gasteiger charge is 2.09. The summed E-state index contributed by atoms with van der Waals surface area (Å²) in [7, 11) is 0. The lowest BCUT2D eigenvalue weighted by atomic mass is 10.1. The molecule has 2 aromatic rings. The fraction of sp³-hybridized carbons (Fsp3) is 0.357. The normalized spacial score (nSPS) is 10.8. The lowest BCUT2D eigenvalue weighted by molar-refractivity contribution is 0.636. The Morgan fingerprint density at radius 1 is 1.28 bits per heavy atom. The first-order valence-electron chi connectivity index (χ1n) is 6.08. The number of halogens is 2. The third-order valence-electron chi connectivity index (χ3n) is 2.91. The molecule has 0 aliphatic carbocycles. The Hall–Kier alpha value is -0.800. The number of nitrogens with zero attached hydrogens (tertiary/aromatic N) is 2. The van der Waals surface area contributed by atoms with Gasteiger partial charge in [0.25, 0.3) is 0 Å². The first kappa shape index (κ1) is 13.6. The van der Waals surface area contributed by atoms with Gasteiger partial charge in [-0.25, -0.2) is 0 Å². The topological polar surface area (TPSA) is 17.8 Å². The number of benzene rings is 1. The van der Waals surface area contributed by atoms with Crippen LogP contribution in [0.1, 0.15) is 30.2 Å². The van der Waals surface area contributed by atoms with E-state index in [2.05, 4.69) is 56.9 Å². The largest absolute Gasteiger partial charge is 0.265 e. The van der Waals surface area contributed by atoms with Gasteiger partial charge in [-0.3, -0.25) is 4.68 Å². The predicted molar refractivity (Wildman–Crippen MR) is 79.0 cm³/mol. The van der Waals surface area contributed by atoms with Crippen molar-refractivity contribution >= 4 is 27.5 Å². The molecule has 0 spiro atoms. The van der Waals surface area contributed by atoms with Crippen LogP contribution in [0.5, 0.6) is 0 Å². The van der Waals surface area contributed by atoms with E-state index in [1.54, 1.807) is 0 Å². The molecule has 0 fully saturated rings. The zero-order valence-corrected chi connectivity index (χ0v) is 12.7. The molecule has 0 N–H and O–H groups in total. The van der Waals surface area contributed by atoms with E-state index in [1.165, 1.54) is 11.3 Å². The predicted octanol–water partition coefficient (Wildman–Crippen LogP) is 4.39. The second-order valence-electron chi connectivity index (χ2n) is 4.28. The zero-order valence-electron chi connectivity index (χ0n) is 10.4. The summed E-state index contributed by atoms with van der Waals surface area (Å²) in [4.78, 5) is 0. The van der Waals surface area contributed by atoms with Crippen LogP contribution in [-0.4, -0.2) is 9.78 Å². The molecular formula is C14H16BrClN2. The van der Waals surface area contributed by atoms with E-state index < -0.39 is 0 Å².